The van der Waals surface area contributed by atoms with Crippen LogP contribution in [0.15, 0.2) is 47.4 Å². The lowest BCUT2D eigenvalue weighted by Crippen LogP contribution is -2.14. The predicted molar refractivity (Wildman–Crippen MR) is 77.4 cm³/mol. The number of hydrogen-bond donors (Lipinski definition) is 2. The van der Waals surface area contributed by atoms with E-state index < -0.39 is 15.8 Å². The number of sulfonamides is 1. The number of anilines is 2. The Labute approximate surface area is 121 Å². The molecule has 0 atom stereocenters. The van der Waals surface area contributed by atoms with Gasteiger partial charge in [0.1, 0.15) is 5.82 Å². The summed E-state index contributed by atoms with van der Waals surface area (Å²) in [6.45, 7) is 0. The maximum absolute atomic E-state index is 12.9. The molecule has 0 saturated carbocycles. The summed E-state index contributed by atoms with van der Waals surface area (Å²) in [5, 5.41) is 8.57. The number of nitrogen functional groups attached to an aromatic ring is 1. The van der Waals surface area contributed by atoms with Gasteiger partial charge in [-0.15, -0.1) is 0 Å². The molecule has 0 aromatic heterocycles. The highest BCUT2D eigenvalue weighted by molar-refractivity contribution is 7.92. The molecule has 108 valence electrons. The van der Waals surface area contributed by atoms with Gasteiger partial charge in [-0.05, 0) is 35.9 Å². The molecule has 0 radical (unpaired) electrons. The van der Waals surface area contributed by atoms with Crippen LogP contribution in [0.5, 0.6) is 0 Å². The summed E-state index contributed by atoms with van der Waals surface area (Å²) in [5.74, 6) is -0.545. The molecule has 0 fully saturated rings. The van der Waals surface area contributed by atoms with E-state index in [1.165, 1.54) is 18.2 Å². The maximum Gasteiger partial charge on any atom is 0.261 e. The Bertz CT molecular complexity index is 796. The summed E-state index contributed by atoms with van der Waals surface area (Å²) >= 11 is 0. The zero-order chi connectivity index (χ0) is 15.5. The van der Waals surface area contributed by atoms with E-state index in [0.717, 1.165) is 17.7 Å². The highest BCUT2D eigenvalue weighted by Gasteiger charge is 2.15. The van der Waals surface area contributed by atoms with Crippen LogP contribution in [0.2, 0.25) is 0 Å². The molecule has 2 aromatic carbocycles. The number of hydrogen-bond acceptors (Lipinski definition) is 4. The first-order valence-corrected chi connectivity index (χ1v) is 7.44. The van der Waals surface area contributed by atoms with Crippen molar-refractivity contribution in [3.63, 3.8) is 0 Å². The zero-order valence-electron chi connectivity index (χ0n) is 10.9. The van der Waals surface area contributed by atoms with Crippen LogP contribution in [-0.4, -0.2) is 8.42 Å². The van der Waals surface area contributed by atoms with Crippen molar-refractivity contribution in [2.75, 3.05) is 10.5 Å². The Morgan fingerprint density at radius 3 is 2.43 bits per heavy atom. The number of nitrogens with two attached hydrogens (primary N) is 1. The van der Waals surface area contributed by atoms with E-state index in [1.807, 2.05) is 6.07 Å². The second kappa shape index (κ2) is 5.81. The molecule has 0 heterocycles. The minimum absolute atomic E-state index is 0.000300. The summed E-state index contributed by atoms with van der Waals surface area (Å²) in [7, 11) is -3.82. The van der Waals surface area contributed by atoms with Crippen LogP contribution in [0, 0.1) is 17.1 Å². The third-order valence-corrected chi connectivity index (χ3v) is 4.16. The predicted octanol–water partition coefficient (Wildman–Crippen LogP) is 2.27. The van der Waals surface area contributed by atoms with Gasteiger partial charge in [0.15, 0.2) is 0 Å². The van der Waals surface area contributed by atoms with Crippen molar-refractivity contribution in [2.24, 2.45) is 0 Å². The quantitative estimate of drug-likeness (QED) is 0.847. The third-order valence-electron chi connectivity index (χ3n) is 2.77. The maximum atomic E-state index is 12.9. The smallest absolute Gasteiger partial charge is 0.261 e. The second-order valence-corrected chi connectivity index (χ2v) is 6.00. The first kappa shape index (κ1) is 14.8. The Hall–Kier alpha value is -2.59. The van der Waals surface area contributed by atoms with E-state index in [-0.39, 0.29) is 22.7 Å². The lowest BCUT2D eigenvalue weighted by atomic mass is 10.2. The first-order valence-electron chi connectivity index (χ1n) is 5.96. The van der Waals surface area contributed by atoms with E-state index in [9.17, 15) is 12.8 Å². The number of halogens is 1. The Morgan fingerprint density at radius 2 is 1.86 bits per heavy atom. The fourth-order valence-electron chi connectivity index (χ4n) is 1.71. The first-order chi connectivity index (χ1) is 9.92. The van der Waals surface area contributed by atoms with Gasteiger partial charge in [0.05, 0.1) is 28.8 Å². The lowest BCUT2D eigenvalue weighted by molar-refractivity contribution is 0.601. The van der Waals surface area contributed by atoms with Crippen LogP contribution in [0.1, 0.15) is 5.56 Å². The number of rotatable bonds is 4. The monoisotopic (exact) mass is 305 g/mol. The molecule has 0 aliphatic heterocycles. The number of nitrogens with zero attached hydrogens (tertiary/aromatic N) is 1. The fraction of sp³-hybridized carbons (Fsp3) is 0.0714. The summed E-state index contributed by atoms with van der Waals surface area (Å²) in [6.07, 6.45) is 0.207. The average molecular weight is 305 g/mol. The van der Waals surface area contributed by atoms with Gasteiger partial charge in [-0.25, -0.2) is 12.8 Å². The van der Waals surface area contributed by atoms with Crippen LogP contribution in [0.4, 0.5) is 15.8 Å². The molecule has 7 heteroatoms. The molecule has 0 bridgehead atoms. The van der Waals surface area contributed by atoms with Crippen LogP contribution >= 0.6 is 0 Å². The van der Waals surface area contributed by atoms with Gasteiger partial charge in [0, 0.05) is 0 Å². The fourth-order valence-corrected chi connectivity index (χ4v) is 2.80. The molecule has 0 saturated heterocycles. The molecule has 0 aliphatic carbocycles. The van der Waals surface area contributed by atoms with E-state index in [2.05, 4.69) is 4.72 Å². The highest BCUT2D eigenvalue weighted by atomic mass is 32.2. The summed E-state index contributed by atoms with van der Waals surface area (Å²) in [6, 6.07) is 11.3. The minimum Gasteiger partial charge on any atom is -0.397 e. The summed E-state index contributed by atoms with van der Waals surface area (Å²) in [5.41, 5.74) is 6.40. The van der Waals surface area contributed by atoms with Gasteiger partial charge in [-0.2, -0.15) is 5.26 Å². The summed E-state index contributed by atoms with van der Waals surface area (Å²) < 4.78 is 39.6. The molecule has 2 rings (SSSR count). The van der Waals surface area contributed by atoms with Crippen molar-refractivity contribution in [3.05, 3.63) is 53.8 Å². The van der Waals surface area contributed by atoms with Crippen LogP contribution < -0.4 is 10.5 Å². The molecule has 0 amide bonds. The van der Waals surface area contributed by atoms with Gasteiger partial charge >= 0.3 is 0 Å². The van der Waals surface area contributed by atoms with Crippen molar-refractivity contribution >= 4 is 21.4 Å². The molecule has 5 nitrogen and oxygen atoms in total. The number of benzene rings is 2. The zero-order valence-corrected chi connectivity index (χ0v) is 11.7. The Kier molecular flexibility index (Phi) is 4.10. The van der Waals surface area contributed by atoms with Gasteiger partial charge in [0.25, 0.3) is 10.0 Å². The van der Waals surface area contributed by atoms with Crippen molar-refractivity contribution in [3.8, 4) is 6.07 Å². The topological polar surface area (TPSA) is 96.0 Å². The molecule has 0 spiro atoms. The van der Waals surface area contributed by atoms with E-state index in [0.29, 0.717) is 0 Å². The van der Waals surface area contributed by atoms with Gasteiger partial charge in [-0.1, -0.05) is 12.1 Å². The minimum atomic E-state index is -3.82. The van der Waals surface area contributed by atoms with Gasteiger partial charge < -0.3 is 5.73 Å². The number of nitrogens with one attached hydrogen (secondary N) is 1. The molecule has 21 heavy (non-hydrogen) atoms. The van der Waals surface area contributed by atoms with E-state index in [1.54, 1.807) is 12.1 Å². The van der Waals surface area contributed by atoms with Crippen LogP contribution in [0.25, 0.3) is 0 Å². The van der Waals surface area contributed by atoms with Crippen molar-refractivity contribution in [1.29, 1.82) is 5.26 Å². The molecular weight excluding hydrogens is 293 g/mol. The van der Waals surface area contributed by atoms with E-state index >= 15 is 0 Å². The third kappa shape index (κ3) is 3.49. The largest absolute Gasteiger partial charge is 0.397 e. The standard InChI is InChI=1S/C14H12FN3O2S/c15-11-3-6-14(13(17)9-11)18-21(19,20)12-4-1-10(2-5-12)7-8-16/h1-6,9,18H,7,17H2. The Morgan fingerprint density at radius 1 is 1.19 bits per heavy atom. The van der Waals surface area contributed by atoms with Gasteiger partial charge in [-0.3, -0.25) is 4.72 Å². The second-order valence-electron chi connectivity index (χ2n) is 4.32. The molecule has 2 aromatic rings. The summed E-state index contributed by atoms with van der Waals surface area (Å²) in [4.78, 5) is 0.0351. The lowest BCUT2D eigenvalue weighted by Gasteiger charge is -2.10. The number of nitriles is 1. The molecule has 0 aliphatic rings. The normalized spacial score (nSPS) is 10.9. The van der Waals surface area contributed by atoms with Crippen molar-refractivity contribution in [1.82, 2.24) is 0 Å². The SMILES string of the molecule is N#CCc1ccc(S(=O)(=O)Nc2ccc(F)cc2N)cc1. The van der Waals surface area contributed by atoms with E-state index in [4.69, 9.17) is 11.0 Å². The van der Waals surface area contributed by atoms with Crippen molar-refractivity contribution < 1.29 is 12.8 Å². The highest BCUT2D eigenvalue weighted by Crippen LogP contribution is 2.23. The van der Waals surface area contributed by atoms with Crippen LogP contribution in [0.3, 0.4) is 0 Å². The molecule has 0 unspecified atom stereocenters. The molecule has 3 N–H and O–H groups in total. The van der Waals surface area contributed by atoms with Crippen molar-refractivity contribution in [2.45, 2.75) is 11.3 Å². The Balaban J connectivity index is 2.27. The van der Waals surface area contributed by atoms with Gasteiger partial charge in [0.2, 0.25) is 0 Å². The average Bonchev–Trinajstić information content (AvgIpc) is 2.43. The van der Waals surface area contributed by atoms with Crippen LogP contribution in [-0.2, 0) is 16.4 Å². The molecular formula is C14H12FN3O2S.